The molecule has 4 aromatic rings. The molecule has 6 fully saturated rings. The summed E-state index contributed by atoms with van der Waals surface area (Å²) in [6.45, 7) is 24.6. The number of esters is 3. The predicted molar refractivity (Wildman–Crippen MR) is 411 cm³/mol. The van der Waals surface area contributed by atoms with Gasteiger partial charge in [0.1, 0.15) is 23.1 Å². The van der Waals surface area contributed by atoms with Gasteiger partial charge in [0, 0.05) is 48.7 Å². The monoisotopic (exact) mass is 1710 g/mol. The molecule has 6 aliphatic rings. The van der Waals surface area contributed by atoms with E-state index in [-0.39, 0.29) is 113 Å². The molecule has 3 amide bonds. The summed E-state index contributed by atoms with van der Waals surface area (Å²) in [6.07, 6.45) is -5.96. The molecule has 642 valence electrons. The summed E-state index contributed by atoms with van der Waals surface area (Å²) < 4.78 is 164. The summed E-state index contributed by atoms with van der Waals surface area (Å²) >= 11 is 12.2. The van der Waals surface area contributed by atoms with Crippen LogP contribution in [0.5, 0.6) is 17.5 Å². The first-order chi connectivity index (χ1) is 52.8. The third-order valence-corrected chi connectivity index (χ3v) is 22.3. The number of Topliss-reactive ketones (excluding diaryl/α,β-unsaturated/α-hetero) is 2. The van der Waals surface area contributed by atoms with Crippen molar-refractivity contribution in [3.63, 3.8) is 0 Å². The number of ether oxygens (including phenoxy) is 6. The number of para-hydroxylation sites is 2. The molecule has 2 aliphatic heterocycles. The number of alkyl halides is 6. The fraction of sp³-hybridized carbons (Fsp3) is 0.667. The highest BCUT2D eigenvalue weighted by Crippen LogP contribution is 2.59. The number of aromatic amines is 1. The van der Waals surface area contributed by atoms with Gasteiger partial charge in [0.25, 0.3) is 0 Å². The second kappa shape index (κ2) is 36.8. The van der Waals surface area contributed by atoms with Crippen LogP contribution in [0.2, 0.25) is 10.0 Å². The standard InChI is InChI=1S/C38H49ClF3N3O10S.C26H43NO6.C11H7ClF3NO2.C3H7NO3S/c1-8-21-17-37(21,34(49)44-56(50,51)55-22-12-13-22)18-28(46)27-14-23(19-45(27)33(48)25(35(2,3)4)15-31(47)54-36(5,6)7)53-29-16-30(52-20-38(40,41)42)43-32-24(29)10-9-11-26(32)39;1-10-17-13-26(17,23(31)32-9)14-20(28)19-11-16(2)15-27(19)22(30)18(24(3,4)5)12-21(29)33-25(6,7)8;12-7-3-1-2-6-8(17)4-9(16-10(6)7)18-5-11(13,14)15;4-8(5,6)7-3-1-2-3/h9-11,16,21-23,25,27H,8,12-15,17-20H2,1-7H3,(H,44,49);16-19H,10-15H2,1-9H3;1-4H,5H2,(H,16,17);3H,1-2H2,(H2,4,5,6)/t21-,23-,25-,27+,37-;16-,17+,18+,19-,26+;;/m10../s1. The Labute approximate surface area is 675 Å². The van der Waals surface area contributed by atoms with Gasteiger partial charge in [0.05, 0.1) is 94.5 Å². The molecule has 4 saturated carbocycles. The van der Waals surface area contributed by atoms with Gasteiger partial charge >= 0.3 is 50.9 Å². The lowest BCUT2D eigenvalue weighted by Gasteiger charge is -2.35. The van der Waals surface area contributed by atoms with Crippen molar-refractivity contribution in [3.8, 4) is 17.5 Å². The van der Waals surface area contributed by atoms with Crippen molar-refractivity contribution in [1.29, 1.82) is 0 Å². The summed E-state index contributed by atoms with van der Waals surface area (Å²) in [5, 5.41) is 5.50. The number of H-pyrrole nitrogens is 1. The molecule has 4 aliphatic carbocycles. The molecule has 0 spiro atoms. The highest BCUT2D eigenvalue weighted by atomic mass is 35.5. The number of hydrogen-bond acceptors (Lipinski definition) is 22. The number of rotatable bonds is 27. The molecule has 2 aromatic carbocycles. The molecule has 0 radical (unpaired) electrons. The van der Waals surface area contributed by atoms with Gasteiger partial charge < -0.3 is 43.2 Å². The Hall–Kier alpha value is -7.44. The predicted octanol–water partition coefficient (Wildman–Crippen LogP) is 13.1. The van der Waals surface area contributed by atoms with Gasteiger partial charge in [-0.2, -0.15) is 43.2 Å². The average Bonchev–Trinajstić information content (AvgIpc) is 1.58. The number of methoxy groups -OCH3 is 1. The van der Waals surface area contributed by atoms with Crippen LogP contribution in [0.4, 0.5) is 26.3 Å². The van der Waals surface area contributed by atoms with E-state index in [0.717, 1.165) is 25.3 Å². The second-order valence-corrected chi connectivity index (χ2v) is 37.8. The molecular formula is C78H106Cl2F6N6O21S2. The molecule has 37 heteroatoms. The van der Waals surface area contributed by atoms with Gasteiger partial charge in [0.2, 0.25) is 23.6 Å². The third kappa shape index (κ3) is 27.6. The van der Waals surface area contributed by atoms with E-state index in [9.17, 15) is 86.3 Å². The number of nitrogens with one attached hydrogen (secondary N) is 2. The second-order valence-electron chi connectivity index (χ2n) is 34.5. The number of amides is 3. The first kappa shape index (κ1) is 94.7. The normalized spacial score (nSPS) is 22.8. The Bertz CT molecular complexity index is 4540. The van der Waals surface area contributed by atoms with Crippen molar-refractivity contribution >= 4 is 113 Å². The molecule has 0 bridgehead atoms. The summed E-state index contributed by atoms with van der Waals surface area (Å²) in [5.41, 5.74) is -4.98. The number of aromatic nitrogens is 2. The van der Waals surface area contributed by atoms with Crippen LogP contribution in [0.25, 0.3) is 21.8 Å². The number of benzene rings is 2. The number of ketones is 2. The van der Waals surface area contributed by atoms with Gasteiger partial charge in [0.15, 0.2) is 36.1 Å². The lowest BCUT2D eigenvalue weighted by Crippen LogP contribution is -2.48. The fourth-order valence-electron chi connectivity index (χ4n) is 14.1. The van der Waals surface area contributed by atoms with Gasteiger partial charge in [-0.05, 0) is 139 Å². The maximum Gasteiger partial charge on any atom is 0.422 e. The van der Waals surface area contributed by atoms with E-state index in [2.05, 4.69) is 24.0 Å². The minimum atomic E-state index is -4.66. The largest absolute Gasteiger partial charge is 0.488 e. The molecule has 4 heterocycles. The quantitative estimate of drug-likeness (QED) is 0.0283. The third-order valence-electron chi connectivity index (χ3n) is 20.2. The Morgan fingerprint density at radius 3 is 1.57 bits per heavy atom. The van der Waals surface area contributed by atoms with Gasteiger partial charge in [-0.15, -0.1) is 0 Å². The number of pyridine rings is 2. The Kier molecular flexibility index (Phi) is 30.3. The maximum absolute atomic E-state index is 14.6. The molecule has 10 rings (SSSR count). The smallest absolute Gasteiger partial charge is 0.422 e. The minimum absolute atomic E-state index is 0.0323. The molecule has 4 N–H and O–H groups in total. The maximum atomic E-state index is 14.6. The van der Waals surface area contributed by atoms with Gasteiger partial charge in [-0.3, -0.25) is 51.5 Å². The highest BCUT2D eigenvalue weighted by Gasteiger charge is 2.63. The van der Waals surface area contributed by atoms with E-state index in [0.29, 0.717) is 49.4 Å². The van der Waals surface area contributed by atoms with E-state index in [4.69, 9.17) is 51.1 Å². The molecule has 0 unspecified atom stereocenters. The zero-order chi connectivity index (χ0) is 86.5. The zero-order valence-electron chi connectivity index (χ0n) is 67.5. The van der Waals surface area contributed by atoms with Crippen molar-refractivity contribution in [3.05, 3.63) is 68.8 Å². The van der Waals surface area contributed by atoms with Crippen LogP contribution in [0, 0.1) is 51.2 Å². The van der Waals surface area contributed by atoms with Gasteiger partial charge in [-0.1, -0.05) is 110 Å². The average molecular weight is 1710 g/mol. The summed E-state index contributed by atoms with van der Waals surface area (Å²) in [6, 6.07) is 9.68. The lowest BCUT2D eigenvalue weighted by atomic mass is 9.77. The summed E-state index contributed by atoms with van der Waals surface area (Å²) in [5.74, 6) is -5.83. The van der Waals surface area contributed by atoms with Crippen molar-refractivity contribution in [1.82, 2.24) is 24.5 Å². The Balaban J connectivity index is 0.000000257. The molecule has 10 atom stereocenters. The van der Waals surface area contributed by atoms with Crippen LogP contribution in [-0.2, 0) is 81.5 Å². The van der Waals surface area contributed by atoms with E-state index < -0.39 is 162 Å². The van der Waals surface area contributed by atoms with E-state index in [1.165, 1.54) is 36.3 Å². The van der Waals surface area contributed by atoms with Crippen molar-refractivity contribution < 1.29 is 118 Å². The number of halogens is 8. The molecular weight excluding hydrogens is 1610 g/mol. The van der Waals surface area contributed by atoms with Crippen LogP contribution < -0.4 is 29.5 Å². The van der Waals surface area contributed by atoms with Crippen molar-refractivity contribution in [2.75, 3.05) is 33.4 Å². The lowest BCUT2D eigenvalue weighted by molar-refractivity contribution is -0.161. The number of nitrogens with zero attached hydrogens (tertiary/aromatic N) is 3. The van der Waals surface area contributed by atoms with E-state index in [1.54, 1.807) is 85.4 Å². The zero-order valence-corrected chi connectivity index (χ0v) is 70.6. The highest BCUT2D eigenvalue weighted by molar-refractivity contribution is 7.85. The Morgan fingerprint density at radius 2 is 1.11 bits per heavy atom. The summed E-state index contributed by atoms with van der Waals surface area (Å²) in [4.78, 5) is 129. The SMILES string of the molecule is CC[C@@H]1C[C@]1(CC(=O)[C@@H]1C[C@@H](Oc2cc(OCC(F)(F)F)nc3c(Cl)cccc23)CN1C(=O)[C@@H](CC(=O)OC(C)(C)C)C(C)(C)C)C(=O)NS(=O)(=O)OC1CC1.CC[C@@H]1C[C@]1(CC(=O)[C@@H]1C[C@H](C)CN1C(=O)[C@@H](CC(=O)OC(C)(C)C)C(C)(C)C)C(=O)OC.NS(=O)(=O)OC1CC1.O=c1cc(OCC(F)(F)F)[nH]c2c(Cl)cccc12. The van der Waals surface area contributed by atoms with Crippen molar-refractivity contribution in [2.24, 2.45) is 56.4 Å². The topological polar surface area (TPSA) is 369 Å². The number of carbonyl (C=O) groups is 8. The number of carbonyl (C=O) groups excluding carboxylic acids is 8. The molecule has 115 heavy (non-hydrogen) atoms. The Morgan fingerprint density at radius 1 is 0.643 bits per heavy atom. The summed E-state index contributed by atoms with van der Waals surface area (Å²) in [7, 11) is -6.73. The van der Waals surface area contributed by atoms with E-state index >= 15 is 0 Å². The molecule has 27 nitrogen and oxygen atoms in total. The number of nitrogens with two attached hydrogens (primary N) is 1. The van der Waals surface area contributed by atoms with Crippen LogP contribution >= 0.6 is 23.2 Å². The first-order valence-electron chi connectivity index (χ1n) is 37.9. The van der Waals surface area contributed by atoms with Crippen molar-refractivity contribution in [2.45, 2.75) is 248 Å². The first-order valence-corrected chi connectivity index (χ1v) is 41.6. The van der Waals surface area contributed by atoms with Gasteiger partial charge in [-0.25, -0.2) is 14.8 Å². The number of hydrogen-bond donors (Lipinski definition) is 3. The van der Waals surface area contributed by atoms with Crippen LogP contribution in [0.15, 0.2) is 53.3 Å². The van der Waals surface area contributed by atoms with Crippen LogP contribution in [0.1, 0.15) is 194 Å². The van der Waals surface area contributed by atoms with E-state index in [1.807, 2.05) is 46.3 Å². The van der Waals surface area contributed by atoms with Crippen LogP contribution in [0.3, 0.4) is 0 Å². The fourth-order valence-corrected chi connectivity index (χ4v) is 16.2. The molecule has 2 saturated heterocycles. The van der Waals surface area contributed by atoms with Crippen LogP contribution in [-0.4, -0.2) is 171 Å². The minimum Gasteiger partial charge on any atom is -0.488 e. The number of likely N-dealkylation sites (tertiary alicyclic amines) is 2. The molecule has 2 aromatic heterocycles. The number of fused-ring (bicyclic) bond motifs is 2.